The first kappa shape index (κ1) is 17.2. The van der Waals surface area contributed by atoms with Crippen LogP contribution in [0.15, 0.2) is 60.7 Å². The minimum atomic E-state index is -0.440. The number of nitrogens with one attached hydrogen (secondary N) is 1. The highest BCUT2D eigenvalue weighted by Crippen LogP contribution is 2.27. The number of para-hydroxylation sites is 1. The lowest BCUT2D eigenvalue weighted by molar-refractivity contribution is -0.125. The molecule has 4 nitrogen and oxygen atoms in total. The lowest BCUT2D eigenvalue weighted by atomic mass is 9.94. The van der Waals surface area contributed by atoms with E-state index in [1.165, 1.54) is 5.56 Å². The minimum absolute atomic E-state index is 0.00668. The Bertz CT molecular complexity index is 741. The highest BCUT2D eigenvalue weighted by atomic mass is 16.2. The van der Waals surface area contributed by atoms with Gasteiger partial charge in [0.05, 0.1) is 0 Å². The maximum atomic E-state index is 12.9. The van der Waals surface area contributed by atoms with Crippen LogP contribution in [-0.2, 0) is 16.0 Å². The van der Waals surface area contributed by atoms with E-state index < -0.39 is 6.04 Å². The van der Waals surface area contributed by atoms with Crippen LogP contribution < -0.4 is 10.2 Å². The van der Waals surface area contributed by atoms with Crippen molar-refractivity contribution >= 4 is 17.5 Å². The molecule has 1 N–H and O–H groups in total. The summed E-state index contributed by atoms with van der Waals surface area (Å²) in [5.74, 6) is -0.0807. The monoisotopic (exact) mass is 336 g/mol. The van der Waals surface area contributed by atoms with Crippen LogP contribution in [-0.4, -0.2) is 23.4 Å². The molecule has 0 aliphatic carbocycles. The molecule has 0 aromatic heterocycles. The molecular formula is C21H24N2O2. The molecule has 1 saturated heterocycles. The maximum Gasteiger partial charge on any atom is 0.243 e. The molecule has 0 bridgehead atoms. The van der Waals surface area contributed by atoms with Crippen molar-refractivity contribution in [3.63, 3.8) is 0 Å². The van der Waals surface area contributed by atoms with Crippen molar-refractivity contribution in [3.05, 3.63) is 66.2 Å². The van der Waals surface area contributed by atoms with Crippen LogP contribution in [0.4, 0.5) is 5.69 Å². The van der Waals surface area contributed by atoms with E-state index in [4.69, 9.17) is 0 Å². The number of benzene rings is 2. The smallest absolute Gasteiger partial charge is 0.243 e. The SMILES string of the molecule is CC(C)(Cc1ccccc1)NC(=O)C1CCC(=O)N1c1ccccc1. The second-order valence-electron chi connectivity index (χ2n) is 7.19. The predicted octanol–water partition coefficient (Wildman–Crippen LogP) is 3.32. The van der Waals surface area contributed by atoms with E-state index in [1.807, 2.05) is 62.4 Å². The number of anilines is 1. The second kappa shape index (κ2) is 7.09. The standard InChI is InChI=1S/C21H24N2O2/c1-21(2,15-16-9-5-3-6-10-16)22-20(25)18-13-14-19(24)23(18)17-11-7-4-8-12-17/h3-12,18H,13-15H2,1-2H3,(H,22,25). The molecule has 1 heterocycles. The van der Waals surface area contributed by atoms with Crippen molar-refractivity contribution < 1.29 is 9.59 Å². The van der Waals surface area contributed by atoms with Crippen molar-refractivity contribution in [1.82, 2.24) is 5.32 Å². The molecule has 1 aliphatic rings. The molecule has 2 aromatic rings. The average molecular weight is 336 g/mol. The fourth-order valence-electron chi connectivity index (χ4n) is 3.41. The fourth-order valence-corrected chi connectivity index (χ4v) is 3.41. The second-order valence-corrected chi connectivity index (χ2v) is 7.19. The normalized spacial score (nSPS) is 17.6. The molecule has 1 atom stereocenters. The first-order chi connectivity index (χ1) is 12.0. The van der Waals surface area contributed by atoms with E-state index in [-0.39, 0.29) is 17.4 Å². The molecule has 1 fully saturated rings. The predicted molar refractivity (Wildman–Crippen MR) is 99.3 cm³/mol. The van der Waals surface area contributed by atoms with Crippen molar-refractivity contribution in [2.75, 3.05) is 4.90 Å². The summed E-state index contributed by atoms with van der Waals surface area (Å²) in [6, 6.07) is 19.1. The number of carbonyl (C=O) groups is 2. The minimum Gasteiger partial charge on any atom is -0.349 e. The number of amides is 2. The van der Waals surface area contributed by atoms with Crippen LogP contribution in [0.2, 0.25) is 0 Å². The lowest BCUT2D eigenvalue weighted by Crippen LogP contribution is -2.53. The summed E-state index contributed by atoms with van der Waals surface area (Å²) in [7, 11) is 0. The molecule has 0 saturated carbocycles. The summed E-state index contributed by atoms with van der Waals surface area (Å²) in [6.45, 7) is 4.03. The topological polar surface area (TPSA) is 49.4 Å². The van der Waals surface area contributed by atoms with Gasteiger partial charge >= 0.3 is 0 Å². The summed E-state index contributed by atoms with van der Waals surface area (Å²) in [5.41, 5.74) is 1.58. The van der Waals surface area contributed by atoms with E-state index in [9.17, 15) is 9.59 Å². The molecule has 4 heteroatoms. The first-order valence-electron chi connectivity index (χ1n) is 8.69. The van der Waals surface area contributed by atoms with Gasteiger partial charge in [-0.3, -0.25) is 14.5 Å². The highest BCUT2D eigenvalue weighted by molar-refractivity contribution is 6.03. The van der Waals surface area contributed by atoms with E-state index in [1.54, 1.807) is 4.90 Å². The molecular weight excluding hydrogens is 312 g/mol. The Balaban J connectivity index is 1.72. The van der Waals surface area contributed by atoms with Gasteiger partial charge in [-0.2, -0.15) is 0 Å². The molecule has 25 heavy (non-hydrogen) atoms. The summed E-state index contributed by atoms with van der Waals surface area (Å²) >= 11 is 0. The number of nitrogens with zero attached hydrogens (tertiary/aromatic N) is 1. The number of rotatable bonds is 5. The zero-order valence-corrected chi connectivity index (χ0v) is 14.7. The zero-order valence-electron chi connectivity index (χ0n) is 14.7. The fraction of sp³-hybridized carbons (Fsp3) is 0.333. The van der Waals surface area contributed by atoms with Crippen LogP contribution in [0.1, 0.15) is 32.3 Å². The zero-order chi connectivity index (χ0) is 17.9. The van der Waals surface area contributed by atoms with Gasteiger partial charge in [-0.05, 0) is 44.4 Å². The molecule has 2 aromatic carbocycles. The molecule has 3 rings (SSSR count). The van der Waals surface area contributed by atoms with E-state index in [2.05, 4.69) is 17.4 Å². The van der Waals surface area contributed by atoms with Gasteiger partial charge in [0.1, 0.15) is 6.04 Å². The van der Waals surface area contributed by atoms with Gasteiger partial charge in [-0.25, -0.2) is 0 Å². The van der Waals surface area contributed by atoms with Gasteiger partial charge in [0, 0.05) is 17.6 Å². The van der Waals surface area contributed by atoms with Crippen molar-refractivity contribution in [1.29, 1.82) is 0 Å². The number of carbonyl (C=O) groups excluding carboxylic acids is 2. The number of hydrogen-bond acceptors (Lipinski definition) is 2. The Hall–Kier alpha value is -2.62. The first-order valence-corrected chi connectivity index (χ1v) is 8.69. The molecule has 1 aliphatic heterocycles. The Morgan fingerprint density at radius 3 is 2.32 bits per heavy atom. The highest BCUT2D eigenvalue weighted by Gasteiger charge is 2.38. The Kier molecular flexibility index (Phi) is 4.88. The van der Waals surface area contributed by atoms with Crippen LogP contribution >= 0.6 is 0 Å². The van der Waals surface area contributed by atoms with Gasteiger partial charge in [-0.1, -0.05) is 48.5 Å². The van der Waals surface area contributed by atoms with E-state index in [0.29, 0.717) is 12.8 Å². The largest absolute Gasteiger partial charge is 0.349 e. The van der Waals surface area contributed by atoms with Crippen LogP contribution in [0.25, 0.3) is 0 Å². The summed E-state index contributed by atoms with van der Waals surface area (Å²) in [4.78, 5) is 26.8. The van der Waals surface area contributed by atoms with E-state index >= 15 is 0 Å². The molecule has 0 radical (unpaired) electrons. The third kappa shape index (κ3) is 4.08. The van der Waals surface area contributed by atoms with Gasteiger partial charge in [0.15, 0.2) is 0 Å². The molecule has 2 amide bonds. The van der Waals surface area contributed by atoms with E-state index in [0.717, 1.165) is 12.1 Å². The van der Waals surface area contributed by atoms with Crippen molar-refractivity contribution in [2.45, 2.75) is 44.7 Å². The summed E-state index contributed by atoms with van der Waals surface area (Å²) in [6.07, 6.45) is 1.71. The van der Waals surface area contributed by atoms with Crippen LogP contribution in [0.5, 0.6) is 0 Å². The maximum absolute atomic E-state index is 12.9. The van der Waals surface area contributed by atoms with Gasteiger partial charge < -0.3 is 5.32 Å². The Morgan fingerprint density at radius 2 is 1.68 bits per heavy atom. The van der Waals surface area contributed by atoms with Crippen LogP contribution in [0.3, 0.4) is 0 Å². The van der Waals surface area contributed by atoms with Gasteiger partial charge in [0.2, 0.25) is 11.8 Å². The van der Waals surface area contributed by atoms with Crippen molar-refractivity contribution in [3.8, 4) is 0 Å². The quantitative estimate of drug-likeness (QED) is 0.910. The van der Waals surface area contributed by atoms with Crippen molar-refractivity contribution in [2.24, 2.45) is 0 Å². The average Bonchev–Trinajstić information content (AvgIpc) is 2.97. The number of hydrogen-bond donors (Lipinski definition) is 1. The van der Waals surface area contributed by atoms with Crippen LogP contribution in [0, 0.1) is 0 Å². The molecule has 1 unspecified atom stereocenters. The van der Waals surface area contributed by atoms with Gasteiger partial charge in [-0.15, -0.1) is 0 Å². The van der Waals surface area contributed by atoms with Gasteiger partial charge in [0.25, 0.3) is 0 Å². The third-order valence-electron chi connectivity index (χ3n) is 4.50. The summed E-state index contributed by atoms with van der Waals surface area (Å²) < 4.78 is 0. The third-order valence-corrected chi connectivity index (χ3v) is 4.50. The Morgan fingerprint density at radius 1 is 1.08 bits per heavy atom. The molecule has 0 spiro atoms. The Labute approximate surface area is 148 Å². The summed E-state index contributed by atoms with van der Waals surface area (Å²) in [5, 5.41) is 3.13. The molecule has 130 valence electrons. The lowest BCUT2D eigenvalue weighted by Gasteiger charge is -2.31.